The van der Waals surface area contributed by atoms with Crippen LogP contribution < -0.4 is 20.5 Å². The predicted octanol–water partition coefficient (Wildman–Crippen LogP) is 2.71. The molecule has 9 heteroatoms. The summed E-state index contributed by atoms with van der Waals surface area (Å²) in [6.45, 7) is 2.63. The molecule has 0 aliphatic heterocycles. The molecule has 2 aromatic heterocycles. The number of benzene rings is 2. The van der Waals surface area contributed by atoms with Crippen molar-refractivity contribution in [1.82, 2.24) is 24.6 Å². The molecule has 0 atom stereocenters. The maximum atomic E-state index is 6.07. The number of aryl methyl sites for hydroxylation is 1. The van der Waals surface area contributed by atoms with E-state index in [0.717, 1.165) is 11.1 Å². The predicted molar refractivity (Wildman–Crippen MR) is 110 cm³/mol. The van der Waals surface area contributed by atoms with Gasteiger partial charge >= 0.3 is 0 Å². The third-order valence-electron chi connectivity index (χ3n) is 4.38. The summed E-state index contributed by atoms with van der Waals surface area (Å²) in [5, 5.41) is 7.60. The van der Waals surface area contributed by atoms with Crippen molar-refractivity contribution in [1.29, 1.82) is 0 Å². The van der Waals surface area contributed by atoms with Crippen molar-refractivity contribution in [2.45, 2.75) is 13.5 Å². The summed E-state index contributed by atoms with van der Waals surface area (Å²) in [6.07, 6.45) is 0. The van der Waals surface area contributed by atoms with Crippen LogP contribution in [0.4, 0.5) is 11.9 Å². The van der Waals surface area contributed by atoms with Gasteiger partial charge in [-0.05, 0) is 24.6 Å². The normalized spacial score (nSPS) is 10.9. The van der Waals surface area contributed by atoms with Gasteiger partial charge in [0, 0.05) is 18.2 Å². The standard InChI is InChI=1S/C20H21N7O2/c1-12-5-4-6-13(7-12)11-22-19-24-18(21)27-20(25-19)23-17(26-27)14-8-15(28-2)10-16(9-14)29-3/h4-10H,11H2,1-3H3,(H3,21,22,23,24,25,26). The molecule has 4 aromatic rings. The lowest BCUT2D eigenvalue weighted by molar-refractivity contribution is 0.394. The van der Waals surface area contributed by atoms with Crippen LogP contribution in [0.1, 0.15) is 11.1 Å². The molecule has 0 bridgehead atoms. The van der Waals surface area contributed by atoms with Gasteiger partial charge in [-0.1, -0.05) is 29.8 Å². The zero-order chi connectivity index (χ0) is 20.4. The van der Waals surface area contributed by atoms with Gasteiger partial charge in [0.15, 0.2) is 5.82 Å². The Morgan fingerprint density at radius 3 is 2.45 bits per heavy atom. The van der Waals surface area contributed by atoms with E-state index in [-0.39, 0.29) is 5.95 Å². The van der Waals surface area contributed by atoms with Gasteiger partial charge in [0.2, 0.25) is 11.9 Å². The number of nitrogens with two attached hydrogens (primary N) is 1. The second kappa shape index (κ2) is 7.63. The van der Waals surface area contributed by atoms with E-state index in [4.69, 9.17) is 15.2 Å². The first-order chi connectivity index (χ1) is 14.1. The lowest BCUT2D eigenvalue weighted by Crippen LogP contribution is -2.09. The summed E-state index contributed by atoms with van der Waals surface area (Å²) >= 11 is 0. The van der Waals surface area contributed by atoms with Crippen molar-refractivity contribution in [3.8, 4) is 22.9 Å². The molecule has 0 unspecified atom stereocenters. The minimum absolute atomic E-state index is 0.190. The van der Waals surface area contributed by atoms with Crippen LogP contribution in [0.5, 0.6) is 11.5 Å². The second-order valence-electron chi connectivity index (χ2n) is 6.50. The molecule has 148 valence electrons. The fraction of sp³-hybridized carbons (Fsp3) is 0.200. The van der Waals surface area contributed by atoms with Crippen LogP contribution >= 0.6 is 0 Å². The van der Waals surface area contributed by atoms with E-state index in [0.29, 0.717) is 35.6 Å². The van der Waals surface area contributed by atoms with Gasteiger partial charge in [0.1, 0.15) is 11.5 Å². The van der Waals surface area contributed by atoms with Crippen LogP contribution in [0, 0.1) is 6.92 Å². The summed E-state index contributed by atoms with van der Waals surface area (Å²) in [4.78, 5) is 13.2. The third-order valence-corrected chi connectivity index (χ3v) is 4.38. The Kier molecular flexibility index (Phi) is 4.86. The number of nitrogen functional groups attached to an aromatic ring is 1. The number of nitrogens with zero attached hydrogens (tertiary/aromatic N) is 5. The molecule has 2 aromatic carbocycles. The monoisotopic (exact) mass is 391 g/mol. The minimum atomic E-state index is 0.190. The molecule has 4 rings (SSSR count). The highest BCUT2D eigenvalue weighted by atomic mass is 16.5. The van der Waals surface area contributed by atoms with E-state index in [1.165, 1.54) is 10.1 Å². The van der Waals surface area contributed by atoms with Gasteiger partial charge in [-0.25, -0.2) is 0 Å². The van der Waals surface area contributed by atoms with Gasteiger partial charge in [0.05, 0.1) is 14.2 Å². The third kappa shape index (κ3) is 3.88. The van der Waals surface area contributed by atoms with Gasteiger partial charge < -0.3 is 20.5 Å². The first kappa shape index (κ1) is 18.5. The van der Waals surface area contributed by atoms with Gasteiger partial charge in [-0.15, -0.1) is 5.10 Å². The van der Waals surface area contributed by atoms with E-state index in [1.54, 1.807) is 20.3 Å². The molecule has 9 nitrogen and oxygen atoms in total. The second-order valence-corrected chi connectivity index (χ2v) is 6.50. The Hall–Kier alpha value is -3.88. The molecule has 0 saturated heterocycles. The number of fused-ring (bicyclic) bond motifs is 1. The molecule has 0 radical (unpaired) electrons. The largest absolute Gasteiger partial charge is 0.497 e. The Morgan fingerprint density at radius 1 is 1.00 bits per heavy atom. The summed E-state index contributed by atoms with van der Waals surface area (Å²) in [5.74, 6) is 2.64. The zero-order valence-electron chi connectivity index (χ0n) is 16.4. The molecule has 0 aliphatic rings. The van der Waals surface area contributed by atoms with Crippen molar-refractivity contribution >= 4 is 17.7 Å². The number of ether oxygens (including phenoxy) is 2. The summed E-state index contributed by atoms with van der Waals surface area (Å²) in [6, 6.07) is 13.6. The molecule has 0 saturated carbocycles. The van der Waals surface area contributed by atoms with Crippen molar-refractivity contribution < 1.29 is 9.47 Å². The Labute approximate surface area is 167 Å². The number of hydrogen-bond donors (Lipinski definition) is 2. The molecule has 0 amide bonds. The number of rotatable bonds is 6. The molecule has 0 aliphatic carbocycles. The van der Waals surface area contributed by atoms with Crippen LogP contribution in [-0.4, -0.2) is 38.8 Å². The fourth-order valence-corrected chi connectivity index (χ4v) is 2.95. The Balaban J connectivity index is 1.65. The van der Waals surface area contributed by atoms with Crippen molar-refractivity contribution in [3.05, 3.63) is 53.6 Å². The topological polar surface area (TPSA) is 112 Å². The van der Waals surface area contributed by atoms with Crippen molar-refractivity contribution in [2.75, 3.05) is 25.3 Å². The summed E-state index contributed by atoms with van der Waals surface area (Å²) < 4.78 is 12.0. The number of nitrogens with one attached hydrogen (secondary N) is 1. The lowest BCUT2D eigenvalue weighted by Gasteiger charge is -2.06. The quantitative estimate of drug-likeness (QED) is 0.516. The molecule has 2 heterocycles. The number of anilines is 2. The first-order valence-electron chi connectivity index (χ1n) is 8.99. The van der Waals surface area contributed by atoms with E-state index in [2.05, 4.69) is 44.4 Å². The molecular formula is C20H21N7O2. The van der Waals surface area contributed by atoms with Gasteiger partial charge in [0.25, 0.3) is 5.78 Å². The van der Waals surface area contributed by atoms with Crippen molar-refractivity contribution in [3.63, 3.8) is 0 Å². The lowest BCUT2D eigenvalue weighted by atomic mass is 10.1. The number of methoxy groups -OCH3 is 2. The first-order valence-corrected chi connectivity index (χ1v) is 8.99. The van der Waals surface area contributed by atoms with Crippen LogP contribution in [0.3, 0.4) is 0 Å². The Morgan fingerprint density at radius 2 is 1.76 bits per heavy atom. The molecular weight excluding hydrogens is 370 g/mol. The van der Waals surface area contributed by atoms with E-state index in [9.17, 15) is 0 Å². The molecule has 0 spiro atoms. The summed E-state index contributed by atoms with van der Waals surface area (Å²) in [7, 11) is 3.18. The van der Waals surface area contributed by atoms with Crippen LogP contribution in [-0.2, 0) is 6.54 Å². The van der Waals surface area contributed by atoms with Gasteiger partial charge in [-0.3, -0.25) is 0 Å². The molecule has 3 N–H and O–H groups in total. The fourth-order valence-electron chi connectivity index (χ4n) is 2.95. The molecule has 0 fully saturated rings. The highest BCUT2D eigenvalue weighted by Crippen LogP contribution is 2.28. The smallest absolute Gasteiger partial charge is 0.259 e. The van der Waals surface area contributed by atoms with Crippen LogP contribution in [0.2, 0.25) is 0 Å². The van der Waals surface area contributed by atoms with E-state index >= 15 is 0 Å². The van der Waals surface area contributed by atoms with Crippen molar-refractivity contribution in [2.24, 2.45) is 0 Å². The maximum absolute atomic E-state index is 6.07. The minimum Gasteiger partial charge on any atom is -0.497 e. The highest BCUT2D eigenvalue weighted by Gasteiger charge is 2.14. The van der Waals surface area contributed by atoms with Gasteiger partial charge in [-0.2, -0.15) is 19.5 Å². The summed E-state index contributed by atoms with van der Waals surface area (Å²) in [5.41, 5.74) is 9.11. The zero-order valence-corrected chi connectivity index (χ0v) is 16.4. The Bertz CT molecular complexity index is 1150. The maximum Gasteiger partial charge on any atom is 0.259 e. The van der Waals surface area contributed by atoms with E-state index in [1.807, 2.05) is 24.3 Å². The SMILES string of the molecule is COc1cc(OC)cc(-c2nc3nc(NCc4cccc(C)c4)nc(N)n3n2)c1. The molecule has 29 heavy (non-hydrogen) atoms. The average Bonchev–Trinajstić information content (AvgIpc) is 3.17. The van der Waals surface area contributed by atoms with E-state index < -0.39 is 0 Å². The number of hydrogen-bond acceptors (Lipinski definition) is 8. The average molecular weight is 391 g/mol. The number of aromatic nitrogens is 5. The highest BCUT2D eigenvalue weighted by molar-refractivity contribution is 5.63. The van der Waals surface area contributed by atoms with Crippen LogP contribution in [0.25, 0.3) is 17.2 Å². The van der Waals surface area contributed by atoms with Crippen LogP contribution in [0.15, 0.2) is 42.5 Å².